The van der Waals surface area contributed by atoms with Crippen molar-refractivity contribution in [3.63, 3.8) is 0 Å². The maximum absolute atomic E-state index is 10.9. The molecule has 1 heterocycles. The van der Waals surface area contributed by atoms with Gasteiger partial charge < -0.3 is 10.4 Å². The topological polar surface area (TPSA) is 45.1 Å². The Morgan fingerprint density at radius 2 is 1.67 bits per heavy atom. The van der Waals surface area contributed by atoms with Crippen molar-refractivity contribution in [2.24, 2.45) is 0 Å². The van der Waals surface area contributed by atoms with Crippen LogP contribution in [-0.2, 0) is 0 Å². The standard InChI is InChI=1S/C24H16Cl2N2OS/c25-17-9-5-8-16(22(17)26)23(28-24-27-18-10-3-4-11-20(18)30-24)21-15-7-2-1-6-14(15)12-13-19(21)29/h1-13,23,29H,(H,27,28). The lowest BCUT2D eigenvalue weighted by atomic mass is 9.93. The van der Waals surface area contributed by atoms with Crippen LogP contribution in [0.5, 0.6) is 5.75 Å². The van der Waals surface area contributed by atoms with Crippen molar-refractivity contribution < 1.29 is 5.11 Å². The molecule has 0 bridgehead atoms. The Bertz CT molecular complexity index is 1350. The molecule has 3 nitrogen and oxygen atoms in total. The third-order valence-corrected chi connectivity index (χ3v) is 6.89. The van der Waals surface area contributed by atoms with Gasteiger partial charge in [-0.1, -0.05) is 89.1 Å². The quantitative estimate of drug-likeness (QED) is 0.295. The zero-order valence-corrected chi connectivity index (χ0v) is 18.0. The fourth-order valence-corrected chi connectivity index (χ4v) is 5.00. The van der Waals surface area contributed by atoms with E-state index in [9.17, 15) is 5.11 Å². The summed E-state index contributed by atoms with van der Waals surface area (Å²) in [5, 5.41) is 18.0. The lowest BCUT2D eigenvalue weighted by molar-refractivity contribution is 0.468. The molecule has 0 saturated heterocycles. The summed E-state index contributed by atoms with van der Waals surface area (Å²) in [5.41, 5.74) is 2.43. The highest BCUT2D eigenvalue weighted by atomic mass is 35.5. The Labute approximate surface area is 187 Å². The van der Waals surface area contributed by atoms with Gasteiger partial charge in [0, 0.05) is 5.56 Å². The van der Waals surface area contributed by atoms with Crippen LogP contribution in [0, 0.1) is 0 Å². The van der Waals surface area contributed by atoms with Crippen molar-refractivity contribution in [1.29, 1.82) is 0 Å². The van der Waals surface area contributed by atoms with Crippen molar-refractivity contribution in [3.05, 3.63) is 100 Å². The van der Waals surface area contributed by atoms with Crippen molar-refractivity contribution in [2.45, 2.75) is 6.04 Å². The van der Waals surface area contributed by atoms with E-state index >= 15 is 0 Å². The molecule has 0 fully saturated rings. The van der Waals surface area contributed by atoms with E-state index in [-0.39, 0.29) is 5.75 Å². The minimum absolute atomic E-state index is 0.184. The smallest absolute Gasteiger partial charge is 0.184 e. The lowest BCUT2D eigenvalue weighted by Gasteiger charge is -2.23. The number of halogens is 2. The molecule has 30 heavy (non-hydrogen) atoms. The highest BCUT2D eigenvalue weighted by molar-refractivity contribution is 7.22. The Kier molecular flexibility index (Phi) is 4.99. The summed E-state index contributed by atoms with van der Waals surface area (Å²) in [6.45, 7) is 0. The van der Waals surface area contributed by atoms with Gasteiger partial charge in [0.25, 0.3) is 0 Å². The SMILES string of the molecule is Oc1ccc2ccccc2c1C(Nc1nc2ccccc2s1)c1cccc(Cl)c1Cl. The van der Waals surface area contributed by atoms with Gasteiger partial charge in [0.05, 0.1) is 26.3 Å². The van der Waals surface area contributed by atoms with Crippen molar-refractivity contribution >= 4 is 60.7 Å². The minimum atomic E-state index is -0.442. The largest absolute Gasteiger partial charge is 0.508 e. The zero-order valence-electron chi connectivity index (χ0n) is 15.6. The van der Waals surface area contributed by atoms with Crippen LogP contribution in [-0.4, -0.2) is 10.1 Å². The number of phenolic OH excluding ortho intramolecular Hbond substituents is 1. The van der Waals surface area contributed by atoms with Gasteiger partial charge in [-0.3, -0.25) is 0 Å². The Hall–Kier alpha value is -2.79. The van der Waals surface area contributed by atoms with Gasteiger partial charge >= 0.3 is 0 Å². The fourth-order valence-electron chi connectivity index (χ4n) is 3.69. The summed E-state index contributed by atoms with van der Waals surface area (Å²) >= 11 is 14.5. The number of phenols is 1. The number of benzene rings is 4. The van der Waals surface area contributed by atoms with Crippen LogP contribution in [0.1, 0.15) is 17.2 Å². The third kappa shape index (κ3) is 3.37. The Morgan fingerprint density at radius 1 is 0.867 bits per heavy atom. The van der Waals surface area contributed by atoms with Crippen molar-refractivity contribution in [3.8, 4) is 5.75 Å². The highest BCUT2D eigenvalue weighted by Crippen LogP contribution is 2.42. The number of nitrogens with zero attached hydrogens (tertiary/aromatic N) is 1. The Morgan fingerprint density at radius 3 is 2.53 bits per heavy atom. The number of hydrogen-bond acceptors (Lipinski definition) is 4. The number of fused-ring (bicyclic) bond motifs is 2. The van der Waals surface area contributed by atoms with Gasteiger partial charge in [-0.25, -0.2) is 4.98 Å². The van der Waals surface area contributed by atoms with Crippen LogP contribution < -0.4 is 5.32 Å². The monoisotopic (exact) mass is 450 g/mol. The number of anilines is 1. The van der Waals surface area contributed by atoms with E-state index < -0.39 is 6.04 Å². The molecule has 0 saturated carbocycles. The molecule has 1 atom stereocenters. The van der Waals surface area contributed by atoms with E-state index in [0.29, 0.717) is 10.0 Å². The molecule has 1 unspecified atom stereocenters. The minimum Gasteiger partial charge on any atom is -0.508 e. The first-order valence-electron chi connectivity index (χ1n) is 9.38. The van der Waals surface area contributed by atoms with Crippen molar-refractivity contribution in [2.75, 3.05) is 5.32 Å². The molecule has 0 radical (unpaired) electrons. The van der Waals surface area contributed by atoms with Crippen LogP contribution in [0.4, 0.5) is 5.13 Å². The van der Waals surface area contributed by atoms with Crippen molar-refractivity contribution in [1.82, 2.24) is 4.98 Å². The number of aromatic nitrogens is 1. The average Bonchev–Trinajstić information content (AvgIpc) is 3.17. The van der Waals surface area contributed by atoms with Gasteiger partial charge in [-0.2, -0.15) is 0 Å². The van der Waals surface area contributed by atoms with E-state index in [1.807, 2.05) is 66.7 Å². The number of rotatable bonds is 4. The van der Waals surface area contributed by atoms with Gasteiger partial charge in [-0.05, 0) is 40.6 Å². The molecule has 0 spiro atoms. The first-order valence-corrected chi connectivity index (χ1v) is 11.0. The highest BCUT2D eigenvalue weighted by Gasteiger charge is 2.24. The van der Waals surface area contributed by atoms with E-state index in [1.165, 1.54) is 0 Å². The molecule has 0 aliphatic rings. The molecule has 0 amide bonds. The second kappa shape index (κ2) is 7.80. The predicted molar refractivity (Wildman–Crippen MR) is 127 cm³/mol. The summed E-state index contributed by atoms with van der Waals surface area (Å²) in [7, 11) is 0. The first kappa shape index (κ1) is 19.2. The maximum Gasteiger partial charge on any atom is 0.184 e. The molecule has 6 heteroatoms. The molecule has 1 aromatic heterocycles. The van der Waals surface area contributed by atoms with Gasteiger partial charge in [0.1, 0.15) is 5.75 Å². The molecular formula is C24H16Cl2N2OS. The van der Waals surface area contributed by atoms with Crippen LogP contribution in [0.3, 0.4) is 0 Å². The zero-order chi connectivity index (χ0) is 20.7. The normalized spacial score (nSPS) is 12.3. The molecule has 0 aliphatic carbocycles. The summed E-state index contributed by atoms with van der Waals surface area (Å²) in [5.74, 6) is 0.184. The number of hydrogen-bond donors (Lipinski definition) is 2. The molecule has 5 aromatic rings. The molecule has 2 N–H and O–H groups in total. The number of thiazole rings is 1. The second-order valence-electron chi connectivity index (χ2n) is 6.93. The summed E-state index contributed by atoms with van der Waals surface area (Å²) < 4.78 is 1.08. The third-order valence-electron chi connectivity index (χ3n) is 5.09. The summed E-state index contributed by atoms with van der Waals surface area (Å²) in [6.07, 6.45) is 0. The van der Waals surface area contributed by atoms with E-state index in [2.05, 4.69) is 5.32 Å². The molecular weight excluding hydrogens is 435 g/mol. The first-order chi connectivity index (χ1) is 14.6. The van der Waals surface area contributed by atoms with Gasteiger partial charge in [0.2, 0.25) is 0 Å². The average molecular weight is 451 g/mol. The van der Waals surface area contributed by atoms with E-state index in [4.69, 9.17) is 28.2 Å². The van der Waals surface area contributed by atoms with Gasteiger partial charge in [-0.15, -0.1) is 0 Å². The predicted octanol–water partition coefficient (Wildman–Crippen LogP) is 7.66. The summed E-state index contributed by atoms with van der Waals surface area (Å²) in [6, 6.07) is 24.6. The number of aromatic hydroxyl groups is 1. The van der Waals surface area contributed by atoms with E-state index in [1.54, 1.807) is 23.5 Å². The Balaban J connectivity index is 1.73. The lowest BCUT2D eigenvalue weighted by Crippen LogP contribution is -2.14. The van der Waals surface area contributed by atoms with Gasteiger partial charge in [0.15, 0.2) is 5.13 Å². The van der Waals surface area contributed by atoms with Crippen LogP contribution in [0.15, 0.2) is 78.9 Å². The van der Waals surface area contributed by atoms with Crippen LogP contribution in [0.2, 0.25) is 10.0 Å². The second-order valence-corrected chi connectivity index (χ2v) is 8.74. The number of para-hydroxylation sites is 1. The molecule has 5 rings (SSSR count). The van der Waals surface area contributed by atoms with Crippen LogP contribution >= 0.6 is 34.5 Å². The molecule has 148 valence electrons. The van der Waals surface area contributed by atoms with E-state index in [0.717, 1.165) is 37.2 Å². The van der Waals surface area contributed by atoms with Crippen LogP contribution in [0.25, 0.3) is 21.0 Å². The fraction of sp³-hybridized carbons (Fsp3) is 0.0417. The molecule has 0 aliphatic heterocycles. The maximum atomic E-state index is 10.9. The molecule has 4 aromatic carbocycles. The number of nitrogens with one attached hydrogen (secondary N) is 1. The summed E-state index contributed by atoms with van der Waals surface area (Å²) in [4.78, 5) is 4.72.